The summed E-state index contributed by atoms with van der Waals surface area (Å²) in [5, 5.41) is 13.2. The van der Waals surface area contributed by atoms with E-state index in [1.807, 2.05) is 0 Å². The Morgan fingerprint density at radius 2 is 2.09 bits per heavy atom. The number of anilines is 1. The van der Waals surface area contributed by atoms with Gasteiger partial charge in [0.15, 0.2) is 5.82 Å². The second kappa shape index (κ2) is 6.05. The standard InChI is InChI=1S/C14H18N4O3S/c19-12-4-1-2-5-13(12)22(20,21)17-11-6-7-14(15-10-11)18-9-3-8-16-18/h3,6-10,12-13,17,19H,1-2,4-5H2/t12-,13+/m1/s1. The highest BCUT2D eigenvalue weighted by Crippen LogP contribution is 2.25. The van der Waals surface area contributed by atoms with Gasteiger partial charge in [0.05, 0.1) is 18.0 Å². The van der Waals surface area contributed by atoms with Gasteiger partial charge >= 0.3 is 0 Å². The number of hydrogen-bond donors (Lipinski definition) is 2. The zero-order valence-electron chi connectivity index (χ0n) is 12.0. The zero-order valence-corrected chi connectivity index (χ0v) is 12.8. The van der Waals surface area contributed by atoms with Crippen LogP contribution in [0.4, 0.5) is 5.69 Å². The van der Waals surface area contributed by atoms with Gasteiger partial charge in [0.2, 0.25) is 10.0 Å². The number of sulfonamides is 1. The van der Waals surface area contributed by atoms with Crippen molar-refractivity contribution in [3.63, 3.8) is 0 Å². The fraction of sp³-hybridized carbons (Fsp3) is 0.429. The van der Waals surface area contributed by atoms with Crippen LogP contribution in [0.15, 0.2) is 36.8 Å². The Morgan fingerprint density at radius 3 is 2.73 bits per heavy atom. The second-order valence-corrected chi connectivity index (χ2v) is 7.29. The highest BCUT2D eigenvalue weighted by Gasteiger charge is 2.34. The summed E-state index contributed by atoms with van der Waals surface area (Å²) >= 11 is 0. The lowest BCUT2D eigenvalue weighted by molar-refractivity contribution is 0.133. The van der Waals surface area contributed by atoms with E-state index < -0.39 is 21.4 Å². The number of rotatable bonds is 4. The van der Waals surface area contributed by atoms with E-state index in [0.717, 1.165) is 12.8 Å². The first kappa shape index (κ1) is 15.0. The molecular formula is C14H18N4O3S. The molecule has 3 rings (SSSR count). The molecule has 2 N–H and O–H groups in total. The molecule has 0 amide bonds. The van der Waals surface area contributed by atoms with Crippen LogP contribution >= 0.6 is 0 Å². The minimum atomic E-state index is -3.61. The highest BCUT2D eigenvalue weighted by molar-refractivity contribution is 7.93. The molecule has 8 heteroatoms. The third-order valence-corrected chi connectivity index (χ3v) is 5.68. The number of nitrogens with zero attached hydrogens (tertiary/aromatic N) is 3. The van der Waals surface area contributed by atoms with Crippen LogP contribution in [0.5, 0.6) is 0 Å². The number of hydrogen-bond acceptors (Lipinski definition) is 5. The minimum Gasteiger partial charge on any atom is -0.392 e. The summed E-state index contributed by atoms with van der Waals surface area (Å²) in [6.07, 6.45) is 6.74. The summed E-state index contributed by atoms with van der Waals surface area (Å²) in [5.41, 5.74) is 0.383. The second-order valence-electron chi connectivity index (χ2n) is 5.39. The van der Waals surface area contributed by atoms with Crippen molar-refractivity contribution in [2.45, 2.75) is 37.0 Å². The molecular weight excluding hydrogens is 304 g/mol. The van der Waals surface area contributed by atoms with Crippen molar-refractivity contribution < 1.29 is 13.5 Å². The Hall–Kier alpha value is -1.93. The smallest absolute Gasteiger partial charge is 0.238 e. The van der Waals surface area contributed by atoms with E-state index in [2.05, 4.69) is 14.8 Å². The van der Waals surface area contributed by atoms with Crippen LogP contribution in [-0.4, -0.2) is 39.6 Å². The molecule has 2 aromatic rings. The maximum atomic E-state index is 12.4. The lowest BCUT2D eigenvalue weighted by atomic mass is 9.97. The number of aromatic nitrogens is 3. The van der Waals surface area contributed by atoms with Crippen molar-refractivity contribution in [3.8, 4) is 5.82 Å². The van der Waals surface area contributed by atoms with Crippen molar-refractivity contribution >= 4 is 15.7 Å². The molecule has 7 nitrogen and oxygen atoms in total. The molecule has 0 aliphatic heterocycles. The monoisotopic (exact) mass is 322 g/mol. The van der Waals surface area contributed by atoms with Gasteiger partial charge in [-0.1, -0.05) is 12.8 Å². The van der Waals surface area contributed by atoms with Gasteiger partial charge < -0.3 is 5.11 Å². The van der Waals surface area contributed by atoms with Gasteiger partial charge in [0.1, 0.15) is 5.25 Å². The van der Waals surface area contributed by atoms with Gasteiger partial charge in [-0.3, -0.25) is 4.72 Å². The average Bonchev–Trinajstić information content (AvgIpc) is 3.02. The molecule has 0 saturated heterocycles. The Bertz CT molecular complexity index is 713. The van der Waals surface area contributed by atoms with Gasteiger partial charge in [-0.15, -0.1) is 0 Å². The van der Waals surface area contributed by atoms with Crippen LogP contribution < -0.4 is 4.72 Å². The van der Waals surface area contributed by atoms with Crippen LogP contribution in [0.3, 0.4) is 0 Å². The quantitative estimate of drug-likeness (QED) is 0.884. The Kier molecular flexibility index (Phi) is 4.12. The summed E-state index contributed by atoms with van der Waals surface area (Å²) in [6.45, 7) is 0. The topological polar surface area (TPSA) is 97.1 Å². The largest absolute Gasteiger partial charge is 0.392 e. The number of pyridine rings is 1. The van der Waals surface area contributed by atoms with Gasteiger partial charge in [-0.05, 0) is 31.0 Å². The van der Waals surface area contributed by atoms with Crippen molar-refractivity contribution in [2.24, 2.45) is 0 Å². The molecule has 0 bridgehead atoms. The third kappa shape index (κ3) is 3.12. The molecule has 1 aliphatic rings. The van der Waals surface area contributed by atoms with E-state index in [1.165, 1.54) is 6.20 Å². The van der Waals surface area contributed by atoms with E-state index in [4.69, 9.17) is 0 Å². The Labute approximate surface area is 129 Å². The minimum absolute atomic E-state index is 0.383. The summed E-state index contributed by atoms with van der Waals surface area (Å²) in [5.74, 6) is 0.602. The number of nitrogens with one attached hydrogen (secondary N) is 1. The molecule has 0 spiro atoms. The normalized spacial score (nSPS) is 22.4. The van der Waals surface area contributed by atoms with E-state index in [1.54, 1.807) is 35.3 Å². The molecule has 2 atom stereocenters. The molecule has 2 heterocycles. The molecule has 118 valence electrons. The Balaban J connectivity index is 1.75. The fourth-order valence-electron chi connectivity index (χ4n) is 2.67. The summed E-state index contributed by atoms with van der Waals surface area (Å²) in [4.78, 5) is 4.18. The molecule has 1 saturated carbocycles. The first-order valence-electron chi connectivity index (χ1n) is 7.22. The maximum Gasteiger partial charge on any atom is 0.238 e. The SMILES string of the molecule is O=S(=O)(Nc1ccc(-n2cccn2)nc1)[C@H]1CCCC[C@H]1O. The van der Waals surface area contributed by atoms with E-state index in [9.17, 15) is 13.5 Å². The highest BCUT2D eigenvalue weighted by atomic mass is 32.2. The number of aliphatic hydroxyl groups is 1. The summed E-state index contributed by atoms with van der Waals surface area (Å²) in [7, 11) is -3.61. The lowest BCUT2D eigenvalue weighted by Gasteiger charge is -2.27. The molecule has 2 aromatic heterocycles. The molecule has 0 radical (unpaired) electrons. The molecule has 22 heavy (non-hydrogen) atoms. The summed E-state index contributed by atoms with van der Waals surface area (Å²) < 4.78 is 28.8. The van der Waals surface area contributed by atoms with E-state index in [0.29, 0.717) is 24.3 Å². The molecule has 1 fully saturated rings. The van der Waals surface area contributed by atoms with Crippen molar-refractivity contribution in [3.05, 3.63) is 36.8 Å². The summed E-state index contributed by atoms with van der Waals surface area (Å²) in [6, 6.07) is 5.10. The van der Waals surface area contributed by atoms with Crippen LogP contribution in [0, 0.1) is 0 Å². The predicted octanol–water partition coefficient (Wildman–Crippen LogP) is 1.31. The van der Waals surface area contributed by atoms with Crippen LogP contribution in [0.25, 0.3) is 5.82 Å². The van der Waals surface area contributed by atoms with Crippen molar-refractivity contribution in [1.82, 2.24) is 14.8 Å². The van der Waals surface area contributed by atoms with Crippen molar-refractivity contribution in [1.29, 1.82) is 0 Å². The van der Waals surface area contributed by atoms with Crippen LogP contribution in [0.1, 0.15) is 25.7 Å². The van der Waals surface area contributed by atoms with E-state index >= 15 is 0 Å². The Morgan fingerprint density at radius 1 is 1.27 bits per heavy atom. The molecule has 0 unspecified atom stereocenters. The van der Waals surface area contributed by atoms with Crippen LogP contribution in [-0.2, 0) is 10.0 Å². The maximum absolute atomic E-state index is 12.4. The third-order valence-electron chi connectivity index (χ3n) is 3.81. The molecule has 1 aliphatic carbocycles. The average molecular weight is 322 g/mol. The lowest BCUT2D eigenvalue weighted by Crippen LogP contribution is -2.40. The van der Waals surface area contributed by atoms with E-state index in [-0.39, 0.29) is 0 Å². The molecule has 0 aromatic carbocycles. The first-order chi connectivity index (χ1) is 10.6. The predicted molar refractivity (Wildman–Crippen MR) is 82.2 cm³/mol. The fourth-order valence-corrected chi connectivity index (χ4v) is 4.29. The van der Waals surface area contributed by atoms with Gasteiger partial charge in [0.25, 0.3) is 0 Å². The zero-order chi connectivity index (χ0) is 15.6. The van der Waals surface area contributed by atoms with Gasteiger partial charge in [-0.25, -0.2) is 18.1 Å². The van der Waals surface area contributed by atoms with Crippen molar-refractivity contribution in [2.75, 3.05) is 4.72 Å². The van der Waals surface area contributed by atoms with Gasteiger partial charge in [-0.2, -0.15) is 5.10 Å². The van der Waals surface area contributed by atoms with Gasteiger partial charge in [0, 0.05) is 12.4 Å². The first-order valence-corrected chi connectivity index (χ1v) is 8.77. The number of aliphatic hydroxyl groups excluding tert-OH is 1. The van der Waals surface area contributed by atoms with Crippen LogP contribution in [0.2, 0.25) is 0 Å².